The molecule has 0 amide bonds. The summed E-state index contributed by atoms with van der Waals surface area (Å²) in [6.45, 7) is 2.59. The number of ether oxygens (including phenoxy) is 1. The van der Waals surface area contributed by atoms with Gasteiger partial charge in [0.1, 0.15) is 18.1 Å². The van der Waals surface area contributed by atoms with Crippen LogP contribution < -0.4 is 0 Å². The molecule has 2 nitrogen and oxygen atoms in total. The summed E-state index contributed by atoms with van der Waals surface area (Å²) in [5.74, 6) is 1.75. The molecule has 1 aromatic heterocycles. The second-order valence-electron chi connectivity index (χ2n) is 3.57. The van der Waals surface area contributed by atoms with E-state index in [0.717, 1.165) is 17.1 Å². The molecule has 2 rings (SSSR count). The first-order valence-electron chi connectivity index (χ1n) is 4.94. The Labute approximate surface area is 89.5 Å². The molecule has 0 N–H and O–H groups in total. The van der Waals surface area contributed by atoms with Crippen LogP contribution in [0.5, 0.6) is 0 Å². The summed E-state index contributed by atoms with van der Waals surface area (Å²) in [6, 6.07) is 12.2. The summed E-state index contributed by atoms with van der Waals surface area (Å²) in [6.07, 6.45) is 0. The van der Waals surface area contributed by atoms with Crippen LogP contribution in [0, 0.1) is 6.92 Å². The van der Waals surface area contributed by atoms with Gasteiger partial charge in [-0.05, 0) is 25.1 Å². The molecular formula is C13H14O2. The van der Waals surface area contributed by atoms with Crippen molar-refractivity contribution >= 4 is 0 Å². The lowest BCUT2D eigenvalue weighted by Crippen LogP contribution is -1.82. The highest BCUT2D eigenvalue weighted by Gasteiger charge is 2.04. The molecule has 2 heteroatoms. The highest BCUT2D eigenvalue weighted by Crippen LogP contribution is 2.23. The molecule has 0 aliphatic heterocycles. The van der Waals surface area contributed by atoms with Gasteiger partial charge in [0.05, 0.1) is 0 Å². The Morgan fingerprint density at radius 3 is 2.80 bits per heavy atom. The third-order valence-corrected chi connectivity index (χ3v) is 2.25. The van der Waals surface area contributed by atoms with Gasteiger partial charge in [-0.25, -0.2) is 0 Å². The predicted octanol–water partition coefficient (Wildman–Crippen LogP) is 3.40. The molecule has 2 aromatic rings. The smallest absolute Gasteiger partial charge is 0.134 e. The first-order chi connectivity index (χ1) is 7.29. The van der Waals surface area contributed by atoms with Gasteiger partial charge < -0.3 is 9.15 Å². The average molecular weight is 202 g/mol. The van der Waals surface area contributed by atoms with Gasteiger partial charge in [0, 0.05) is 12.7 Å². The van der Waals surface area contributed by atoms with Crippen LogP contribution in [0.1, 0.15) is 11.3 Å². The summed E-state index contributed by atoms with van der Waals surface area (Å²) in [5.41, 5.74) is 2.34. The van der Waals surface area contributed by atoms with Crippen LogP contribution in [0.2, 0.25) is 0 Å². The zero-order valence-electron chi connectivity index (χ0n) is 8.99. The first kappa shape index (κ1) is 9.99. The minimum Gasteiger partial charge on any atom is -0.459 e. The van der Waals surface area contributed by atoms with E-state index in [1.807, 2.05) is 24.3 Å². The third-order valence-electron chi connectivity index (χ3n) is 2.25. The van der Waals surface area contributed by atoms with Gasteiger partial charge in [0.2, 0.25) is 0 Å². The van der Waals surface area contributed by atoms with Crippen LogP contribution in [0.15, 0.2) is 40.8 Å². The van der Waals surface area contributed by atoms with Crippen molar-refractivity contribution in [3.63, 3.8) is 0 Å². The molecule has 0 fully saturated rings. The largest absolute Gasteiger partial charge is 0.459 e. The number of hydrogen-bond donors (Lipinski definition) is 0. The fraction of sp³-hybridized carbons (Fsp3) is 0.231. The monoisotopic (exact) mass is 202 g/mol. The normalized spacial score (nSPS) is 10.5. The summed E-state index contributed by atoms with van der Waals surface area (Å²) in [7, 11) is 1.66. The minimum absolute atomic E-state index is 0.520. The lowest BCUT2D eigenvalue weighted by Gasteiger charge is -1.98. The van der Waals surface area contributed by atoms with Crippen LogP contribution in [0.3, 0.4) is 0 Å². The van der Waals surface area contributed by atoms with E-state index in [-0.39, 0.29) is 0 Å². The van der Waals surface area contributed by atoms with Crippen LogP contribution >= 0.6 is 0 Å². The Bertz CT molecular complexity index is 443. The van der Waals surface area contributed by atoms with E-state index in [1.165, 1.54) is 5.56 Å². The van der Waals surface area contributed by atoms with Gasteiger partial charge >= 0.3 is 0 Å². The van der Waals surface area contributed by atoms with Crippen LogP contribution in [0.25, 0.3) is 11.3 Å². The van der Waals surface area contributed by atoms with Crippen molar-refractivity contribution in [3.05, 3.63) is 47.7 Å². The predicted molar refractivity (Wildman–Crippen MR) is 59.6 cm³/mol. The summed E-state index contributed by atoms with van der Waals surface area (Å²) < 4.78 is 10.6. The lowest BCUT2D eigenvalue weighted by atomic mass is 10.1. The van der Waals surface area contributed by atoms with Gasteiger partial charge in [-0.3, -0.25) is 0 Å². The molecule has 0 unspecified atom stereocenters. The van der Waals surface area contributed by atoms with Crippen LogP contribution in [0.4, 0.5) is 0 Å². The maximum atomic E-state index is 5.64. The van der Waals surface area contributed by atoms with Crippen molar-refractivity contribution < 1.29 is 9.15 Å². The molecule has 1 aromatic carbocycles. The van der Waals surface area contributed by atoms with Gasteiger partial charge in [0.15, 0.2) is 0 Å². The van der Waals surface area contributed by atoms with E-state index in [1.54, 1.807) is 7.11 Å². The van der Waals surface area contributed by atoms with E-state index >= 15 is 0 Å². The Morgan fingerprint density at radius 2 is 2.07 bits per heavy atom. The molecule has 0 spiro atoms. The Balaban J connectivity index is 2.29. The fourth-order valence-corrected chi connectivity index (χ4v) is 1.55. The van der Waals surface area contributed by atoms with Crippen LogP contribution in [-0.2, 0) is 11.3 Å². The summed E-state index contributed by atoms with van der Waals surface area (Å²) >= 11 is 0. The molecule has 0 radical (unpaired) electrons. The van der Waals surface area contributed by atoms with E-state index < -0.39 is 0 Å². The maximum absolute atomic E-state index is 5.64. The Kier molecular flexibility index (Phi) is 2.88. The zero-order chi connectivity index (χ0) is 10.7. The lowest BCUT2D eigenvalue weighted by molar-refractivity contribution is 0.165. The molecule has 0 bridgehead atoms. The van der Waals surface area contributed by atoms with Crippen molar-refractivity contribution in [1.82, 2.24) is 0 Å². The third kappa shape index (κ3) is 2.28. The molecule has 78 valence electrons. The molecule has 0 aliphatic carbocycles. The SMILES string of the molecule is COCc1ccc(-c2cccc(C)c2)o1. The van der Waals surface area contributed by atoms with Crippen molar-refractivity contribution in [2.75, 3.05) is 7.11 Å². The van der Waals surface area contributed by atoms with Gasteiger partial charge in [-0.15, -0.1) is 0 Å². The fourth-order valence-electron chi connectivity index (χ4n) is 1.55. The summed E-state index contributed by atoms with van der Waals surface area (Å²) in [5, 5.41) is 0. The second-order valence-corrected chi connectivity index (χ2v) is 3.57. The van der Waals surface area contributed by atoms with E-state index in [9.17, 15) is 0 Å². The second kappa shape index (κ2) is 4.32. The average Bonchev–Trinajstić information content (AvgIpc) is 2.67. The molecule has 0 saturated heterocycles. The van der Waals surface area contributed by atoms with E-state index in [0.29, 0.717) is 6.61 Å². The zero-order valence-corrected chi connectivity index (χ0v) is 8.99. The topological polar surface area (TPSA) is 22.4 Å². The number of rotatable bonds is 3. The molecule has 0 aliphatic rings. The molecule has 1 heterocycles. The molecule has 15 heavy (non-hydrogen) atoms. The van der Waals surface area contributed by atoms with E-state index in [2.05, 4.69) is 19.1 Å². The standard InChI is InChI=1S/C13H14O2/c1-10-4-3-5-11(8-10)13-7-6-12(15-13)9-14-2/h3-8H,9H2,1-2H3. The number of aryl methyl sites for hydroxylation is 1. The van der Waals surface area contributed by atoms with Gasteiger partial charge in [-0.1, -0.05) is 23.8 Å². The Hall–Kier alpha value is -1.54. The highest BCUT2D eigenvalue weighted by molar-refractivity contribution is 5.58. The highest BCUT2D eigenvalue weighted by atomic mass is 16.5. The van der Waals surface area contributed by atoms with Gasteiger partial charge in [0.25, 0.3) is 0 Å². The van der Waals surface area contributed by atoms with Gasteiger partial charge in [-0.2, -0.15) is 0 Å². The molecule has 0 saturated carbocycles. The van der Waals surface area contributed by atoms with E-state index in [4.69, 9.17) is 9.15 Å². The molecular weight excluding hydrogens is 188 g/mol. The Morgan fingerprint density at radius 1 is 1.20 bits per heavy atom. The molecule has 0 atom stereocenters. The summed E-state index contributed by atoms with van der Waals surface area (Å²) in [4.78, 5) is 0. The maximum Gasteiger partial charge on any atom is 0.134 e. The number of methoxy groups -OCH3 is 1. The van der Waals surface area contributed by atoms with Crippen LogP contribution in [-0.4, -0.2) is 7.11 Å². The first-order valence-corrected chi connectivity index (χ1v) is 4.94. The number of hydrogen-bond acceptors (Lipinski definition) is 2. The minimum atomic E-state index is 0.520. The van der Waals surface area contributed by atoms with Crippen molar-refractivity contribution in [2.24, 2.45) is 0 Å². The van der Waals surface area contributed by atoms with Crippen molar-refractivity contribution in [3.8, 4) is 11.3 Å². The van der Waals surface area contributed by atoms with Crippen molar-refractivity contribution in [1.29, 1.82) is 0 Å². The number of furan rings is 1. The number of benzene rings is 1. The van der Waals surface area contributed by atoms with Crippen molar-refractivity contribution in [2.45, 2.75) is 13.5 Å². The quantitative estimate of drug-likeness (QED) is 0.761.